The van der Waals surface area contributed by atoms with Gasteiger partial charge in [0.1, 0.15) is 30.3 Å². The van der Waals surface area contributed by atoms with Crippen LogP contribution in [-0.4, -0.2) is 108 Å². The molecule has 4 aliphatic rings. The maximum atomic E-state index is 14.0. The average Bonchev–Trinajstić information content (AvgIpc) is 4.09. The number of alkyl carbamates (subject to hydrolysis) is 2. The van der Waals surface area contributed by atoms with Crippen LogP contribution in [0, 0.1) is 5.92 Å². The van der Waals surface area contributed by atoms with Crippen molar-refractivity contribution in [3.05, 3.63) is 65.6 Å². The summed E-state index contributed by atoms with van der Waals surface area (Å²) in [6.07, 6.45) is 5.12. The highest BCUT2D eigenvalue weighted by atomic mass is 16.5. The molecule has 1 aromatic heterocycles. The molecule has 322 valence electrons. The smallest absolute Gasteiger partial charge is 0.407 e. The van der Waals surface area contributed by atoms with E-state index in [4.69, 9.17) is 28.9 Å². The van der Waals surface area contributed by atoms with Crippen molar-refractivity contribution in [1.82, 2.24) is 30.4 Å². The molecule has 3 aromatic carbocycles. The van der Waals surface area contributed by atoms with Gasteiger partial charge in [0.25, 0.3) is 0 Å². The number of carbonyl (C=O) groups is 4. The summed E-state index contributed by atoms with van der Waals surface area (Å²) in [4.78, 5) is 69.3. The molecule has 0 saturated carbocycles. The minimum absolute atomic E-state index is 0.0150. The summed E-state index contributed by atoms with van der Waals surface area (Å²) in [5, 5.41) is 7.53. The number of carbonyl (C=O) groups excluding carboxylic acids is 4. The third-order valence-electron chi connectivity index (χ3n) is 12.9. The van der Waals surface area contributed by atoms with Gasteiger partial charge in [-0.05, 0) is 102 Å². The van der Waals surface area contributed by atoms with Crippen LogP contribution < -0.4 is 15.4 Å². The summed E-state index contributed by atoms with van der Waals surface area (Å²) in [5.74, 6) is 1.04. The molecule has 61 heavy (non-hydrogen) atoms. The summed E-state index contributed by atoms with van der Waals surface area (Å²) in [5.41, 5.74) is 7.92. The molecule has 15 nitrogen and oxygen atoms in total. The minimum Gasteiger partial charge on any atom is -0.488 e. The van der Waals surface area contributed by atoms with Crippen molar-refractivity contribution in [3.8, 4) is 28.1 Å². The topological polar surface area (TPSA) is 177 Å². The monoisotopic (exact) mass is 833 g/mol. The Bertz CT molecular complexity index is 2390. The number of H-pyrrole nitrogens is 1. The number of nitrogens with zero attached hydrogens (tertiary/aromatic N) is 4. The fraction of sp³-hybridized carbons (Fsp3) is 0.478. The molecule has 0 aliphatic carbocycles. The standard InChI is InChI=1S/C46H55N7O8/c1-8-29-12-16-38(53(29)43(54)37(23-58-5)50-45(56)59-6)35-19-32-31-20-40-33(18-26(31)11-14-34(32)48-35)30-13-10-27(17-28(30)22-61-40)36-21-47-42(49-36)39-15-9-25(4)52(39)44(55)41(24(2)3)51-46(57)60-7/h10-11,13-14,17-18,20-21,24-25,29,37-39,41H,8-9,12,15-16,19,22-23H2,1-7H3,(H,47,49)(H,50,56)(H,51,57)/t25-,29-,37-,38-,39-,41-/m0/s1. The largest absolute Gasteiger partial charge is 0.488 e. The Hall–Kier alpha value is -5.96. The minimum atomic E-state index is -0.872. The maximum absolute atomic E-state index is 14.0. The number of aliphatic imine (C=N–C) groups is 1. The van der Waals surface area contributed by atoms with Crippen molar-refractivity contribution in [2.24, 2.45) is 10.9 Å². The van der Waals surface area contributed by atoms with E-state index in [1.165, 1.54) is 21.3 Å². The van der Waals surface area contributed by atoms with Crippen LogP contribution in [0.3, 0.4) is 0 Å². The van der Waals surface area contributed by atoms with Crippen LogP contribution >= 0.6 is 0 Å². The molecule has 8 rings (SSSR count). The van der Waals surface area contributed by atoms with E-state index in [0.717, 1.165) is 93.5 Å². The lowest BCUT2D eigenvalue weighted by molar-refractivity contribution is -0.137. The first-order valence-electron chi connectivity index (χ1n) is 21.2. The van der Waals surface area contributed by atoms with Crippen LogP contribution in [-0.2, 0) is 36.8 Å². The maximum Gasteiger partial charge on any atom is 0.407 e. The zero-order valence-electron chi connectivity index (χ0n) is 35.9. The zero-order valence-corrected chi connectivity index (χ0v) is 35.9. The summed E-state index contributed by atoms with van der Waals surface area (Å²) < 4.78 is 21.4. The number of imidazole rings is 1. The molecule has 4 aromatic rings. The molecule has 5 heterocycles. The van der Waals surface area contributed by atoms with E-state index in [9.17, 15) is 19.2 Å². The van der Waals surface area contributed by atoms with E-state index in [2.05, 4.69) is 65.0 Å². The number of likely N-dealkylation sites (tertiary alicyclic amines) is 2. The number of nitrogens with one attached hydrogen (secondary N) is 3. The van der Waals surface area contributed by atoms with Crippen molar-refractivity contribution in [1.29, 1.82) is 0 Å². The first-order valence-corrected chi connectivity index (χ1v) is 21.2. The highest BCUT2D eigenvalue weighted by Gasteiger charge is 2.44. The van der Waals surface area contributed by atoms with Gasteiger partial charge in [-0.2, -0.15) is 0 Å². The van der Waals surface area contributed by atoms with Crippen LogP contribution in [0.25, 0.3) is 33.2 Å². The first-order chi connectivity index (χ1) is 29.4. The van der Waals surface area contributed by atoms with Gasteiger partial charge in [-0.25, -0.2) is 14.6 Å². The second kappa shape index (κ2) is 17.2. The normalized spacial score (nSPS) is 21.3. The van der Waals surface area contributed by atoms with Crippen molar-refractivity contribution in [2.45, 2.75) is 109 Å². The Morgan fingerprint density at radius 1 is 0.902 bits per heavy atom. The molecular formula is C46H55N7O8. The van der Waals surface area contributed by atoms with Gasteiger partial charge < -0.3 is 44.4 Å². The van der Waals surface area contributed by atoms with Crippen molar-refractivity contribution in [3.63, 3.8) is 0 Å². The van der Waals surface area contributed by atoms with Gasteiger partial charge in [-0.1, -0.05) is 39.0 Å². The number of fused-ring (bicyclic) bond motifs is 6. The highest BCUT2D eigenvalue weighted by Crippen LogP contribution is 2.45. The molecule has 2 saturated heterocycles. The molecule has 0 bridgehead atoms. The summed E-state index contributed by atoms with van der Waals surface area (Å²) in [6.45, 7) is 8.35. The van der Waals surface area contributed by atoms with Gasteiger partial charge in [0, 0.05) is 36.9 Å². The number of aromatic nitrogens is 2. The van der Waals surface area contributed by atoms with Crippen molar-refractivity contribution < 1.29 is 38.1 Å². The Kier molecular flexibility index (Phi) is 11.8. The molecule has 0 spiro atoms. The Morgan fingerprint density at radius 3 is 2.41 bits per heavy atom. The number of hydrogen-bond donors (Lipinski definition) is 3. The van der Waals surface area contributed by atoms with Gasteiger partial charge in [-0.3, -0.25) is 14.6 Å². The van der Waals surface area contributed by atoms with E-state index in [-0.39, 0.29) is 48.5 Å². The van der Waals surface area contributed by atoms with Gasteiger partial charge in [0.2, 0.25) is 11.8 Å². The molecule has 2 fully saturated rings. The third-order valence-corrected chi connectivity index (χ3v) is 12.9. The van der Waals surface area contributed by atoms with Gasteiger partial charge >= 0.3 is 12.2 Å². The molecule has 0 unspecified atom stereocenters. The van der Waals surface area contributed by atoms with E-state index in [0.29, 0.717) is 18.9 Å². The third kappa shape index (κ3) is 7.79. The predicted octanol–water partition coefficient (Wildman–Crippen LogP) is 6.99. The SMILES string of the molecule is CC[C@H]1CC[C@@H](C2=Nc3ccc4cc5c(cc4c3C2)OCc2cc(-c3cnc([C@@H]4CC[C@H](C)N4C(=O)[C@@H](NC(=O)OC)C(C)C)[nH]3)ccc2-5)N1C(=O)[C@H](COC)NC(=O)OC. The molecule has 15 heteroatoms. The van der Waals surface area contributed by atoms with Crippen LogP contribution in [0.2, 0.25) is 0 Å². The molecule has 4 aliphatic heterocycles. The lowest BCUT2D eigenvalue weighted by Crippen LogP contribution is -2.55. The van der Waals surface area contributed by atoms with Crippen molar-refractivity contribution >= 4 is 46.2 Å². The Morgan fingerprint density at radius 2 is 1.67 bits per heavy atom. The predicted molar refractivity (Wildman–Crippen MR) is 230 cm³/mol. The molecular weight excluding hydrogens is 779 g/mol. The number of aromatic amines is 1. The van der Waals surface area contributed by atoms with E-state index >= 15 is 0 Å². The number of methoxy groups -OCH3 is 3. The lowest BCUT2D eigenvalue weighted by atomic mass is 9.91. The number of ether oxygens (including phenoxy) is 4. The molecule has 6 atom stereocenters. The van der Waals surface area contributed by atoms with E-state index in [1.54, 1.807) is 0 Å². The summed E-state index contributed by atoms with van der Waals surface area (Å²) in [7, 11) is 4.07. The van der Waals surface area contributed by atoms with Crippen molar-refractivity contribution in [2.75, 3.05) is 27.9 Å². The number of rotatable bonds is 11. The number of amides is 4. The van der Waals surface area contributed by atoms with Gasteiger partial charge in [-0.15, -0.1) is 0 Å². The average molecular weight is 834 g/mol. The van der Waals surface area contributed by atoms with Gasteiger partial charge in [0.15, 0.2) is 0 Å². The highest BCUT2D eigenvalue weighted by molar-refractivity contribution is 6.06. The number of hydrogen-bond acceptors (Lipinski definition) is 10. The Balaban J connectivity index is 1.01. The molecule has 0 radical (unpaired) electrons. The fourth-order valence-corrected chi connectivity index (χ4v) is 9.69. The second-order valence-electron chi connectivity index (χ2n) is 16.8. The quantitative estimate of drug-likeness (QED) is 0.144. The number of benzene rings is 3. The van der Waals surface area contributed by atoms with Gasteiger partial charge in [0.05, 0.1) is 50.5 Å². The molecule has 4 amide bonds. The molecule has 3 N–H and O–H groups in total. The van der Waals surface area contributed by atoms with E-state index < -0.39 is 24.3 Å². The summed E-state index contributed by atoms with van der Waals surface area (Å²) >= 11 is 0. The van der Waals surface area contributed by atoms with Crippen LogP contribution in [0.4, 0.5) is 15.3 Å². The van der Waals surface area contributed by atoms with Crippen LogP contribution in [0.15, 0.2) is 53.7 Å². The lowest BCUT2D eigenvalue weighted by Gasteiger charge is -2.33. The summed E-state index contributed by atoms with van der Waals surface area (Å²) in [6, 6.07) is 12.8. The van der Waals surface area contributed by atoms with Crippen LogP contribution in [0.5, 0.6) is 5.75 Å². The first kappa shape index (κ1) is 41.8. The second-order valence-corrected chi connectivity index (χ2v) is 16.8. The fourth-order valence-electron chi connectivity index (χ4n) is 9.69. The zero-order chi connectivity index (χ0) is 43.1. The Labute approximate surface area is 355 Å². The van der Waals surface area contributed by atoms with E-state index in [1.807, 2.05) is 36.8 Å². The van der Waals surface area contributed by atoms with Crippen LogP contribution in [0.1, 0.15) is 82.8 Å².